The topological polar surface area (TPSA) is 81.9 Å². The van der Waals surface area contributed by atoms with Gasteiger partial charge in [-0.2, -0.15) is 0 Å². The molecule has 1 saturated carbocycles. The van der Waals surface area contributed by atoms with Crippen molar-refractivity contribution >= 4 is 11.9 Å². The number of nitrogens with two attached hydrogens (primary N) is 1. The maximum Gasteiger partial charge on any atom is 0.319 e. The number of likely N-dealkylation sites (tertiary alicyclic amines) is 2. The molecule has 3 aliphatic rings. The number of nitrogens with one attached hydrogen (secondary N) is 1. The van der Waals surface area contributed by atoms with Crippen LogP contribution in [0.4, 0.5) is 4.79 Å². The van der Waals surface area contributed by atoms with Crippen molar-refractivity contribution in [2.45, 2.75) is 37.9 Å². The second kappa shape index (κ2) is 6.65. The van der Waals surface area contributed by atoms with Crippen molar-refractivity contribution in [3.63, 3.8) is 0 Å². The summed E-state index contributed by atoms with van der Waals surface area (Å²) in [5.41, 5.74) is 5.94. The Bertz CT molecular complexity index is 455. The third kappa shape index (κ3) is 3.45. The Morgan fingerprint density at radius 1 is 1.22 bits per heavy atom. The Morgan fingerprint density at radius 2 is 1.87 bits per heavy atom. The summed E-state index contributed by atoms with van der Waals surface area (Å²) in [5.74, 6) is 1.26. The number of hydrogen-bond acceptors (Lipinski definition) is 4. The van der Waals surface area contributed by atoms with Gasteiger partial charge in [0.15, 0.2) is 0 Å². The van der Waals surface area contributed by atoms with E-state index in [2.05, 4.69) is 5.32 Å². The van der Waals surface area contributed by atoms with E-state index >= 15 is 0 Å². The molecule has 0 radical (unpaired) electrons. The van der Waals surface area contributed by atoms with Crippen LogP contribution < -0.4 is 11.1 Å². The van der Waals surface area contributed by atoms with Crippen LogP contribution in [0.5, 0.6) is 0 Å². The molecule has 0 bridgehead atoms. The number of amides is 3. The van der Waals surface area contributed by atoms with E-state index < -0.39 is 0 Å². The largest absolute Gasteiger partial charge is 0.331 e. The van der Waals surface area contributed by atoms with E-state index in [-0.39, 0.29) is 18.1 Å². The van der Waals surface area contributed by atoms with Crippen molar-refractivity contribution < 1.29 is 9.59 Å². The average Bonchev–Trinajstić information content (AvgIpc) is 3.17. The van der Waals surface area contributed by atoms with E-state index in [0.29, 0.717) is 24.4 Å². The Labute approximate surface area is 138 Å². The Morgan fingerprint density at radius 3 is 2.39 bits per heavy atom. The minimum absolute atomic E-state index is 0.0992. The highest BCUT2D eigenvalue weighted by molar-refractivity contribution is 5.78. The Balaban J connectivity index is 1.42. The molecular formula is C16H29N5O2. The molecule has 3 rings (SSSR count). The highest BCUT2D eigenvalue weighted by atomic mass is 16.2. The number of urea groups is 1. The molecule has 0 aromatic heterocycles. The predicted molar refractivity (Wildman–Crippen MR) is 87.6 cm³/mol. The number of carbonyl (C=O) groups excluding carboxylic acids is 2. The highest BCUT2D eigenvalue weighted by Gasteiger charge is 2.42. The molecule has 7 heteroatoms. The number of fused-ring (bicyclic) bond motifs is 1. The van der Waals surface area contributed by atoms with Crippen molar-refractivity contribution in [2.75, 3.05) is 40.3 Å². The van der Waals surface area contributed by atoms with E-state index in [9.17, 15) is 9.59 Å². The van der Waals surface area contributed by atoms with Gasteiger partial charge >= 0.3 is 6.03 Å². The minimum atomic E-state index is -0.0992. The SMILES string of the molecule is CN(C)C(=O)N1C[C@H]2CC(NCC(=O)N3CCCC3N)C[C@H]2C1. The van der Waals surface area contributed by atoms with Gasteiger partial charge in [-0.1, -0.05) is 0 Å². The standard InChI is InChI=1S/C16H29N5O2/c1-19(2)16(23)20-9-11-6-13(7-12(11)10-20)18-8-15(22)21-5-3-4-14(21)17/h11-14,18H,3-10,17H2,1-2H3/t11-,12+,13?,14?. The fourth-order valence-electron chi connectivity index (χ4n) is 4.34. The first-order valence-electron chi connectivity index (χ1n) is 8.70. The van der Waals surface area contributed by atoms with Gasteiger partial charge in [0, 0.05) is 39.8 Å². The second-order valence-electron chi connectivity index (χ2n) is 7.45. The van der Waals surface area contributed by atoms with Gasteiger partial charge in [0.25, 0.3) is 0 Å². The van der Waals surface area contributed by atoms with Crippen LogP contribution in [0.2, 0.25) is 0 Å². The van der Waals surface area contributed by atoms with Crippen LogP contribution in [0.25, 0.3) is 0 Å². The molecule has 2 unspecified atom stereocenters. The summed E-state index contributed by atoms with van der Waals surface area (Å²) >= 11 is 0. The van der Waals surface area contributed by atoms with E-state index in [1.807, 2.05) is 4.90 Å². The summed E-state index contributed by atoms with van der Waals surface area (Å²) in [6.45, 7) is 2.88. The molecular weight excluding hydrogens is 294 g/mol. The molecule has 2 heterocycles. The van der Waals surface area contributed by atoms with Gasteiger partial charge in [-0.05, 0) is 37.5 Å². The van der Waals surface area contributed by atoms with E-state index in [0.717, 1.165) is 45.3 Å². The summed E-state index contributed by atoms with van der Waals surface area (Å²) < 4.78 is 0. The lowest BCUT2D eigenvalue weighted by molar-refractivity contribution is -0.131. The molecule has 3 amide bonds. The molecule has 0 aromatic carbocycles. The van der Waals surface area contributed by atoms with Crippen molar-refractivity contribution in [2.24, 2.45) is 17.6 Å². The summed E-state index contributed by atoms with van der Waals surface area (Å²) in [5, 5.41) is 3.41. The van der Waals surface area contributed by atoms with Crippen molar-refractivity contribution in [1.82, 2.24) is 20.0 Å². The van der Waals surface area contributed by atoms with Crippen LogP contribution in [0.3, 0.4) is 0 Å². The first-order valence-corrected chi connectivity index (χ1v) is 8.70. The van der Waals surface area contributed by atoms with Gasteiger partial charge in [-0.15, -0.1) is 0 Å². The van der Waals surface area contributed by atoms with Crippen LogP contribution in [0.15, 0.2) is 0 Å². The monoisotopic (exact) mass is 323 g/mol. The normalized spacial score (nSPS) is 33.2. The first-order chi connectivity index (χ1) is 11.0. The molecule has 3 N–H and O–H groups in total. The molecule has 23 heavy (non-hydrogen) atoms. The van der Waals surface area contributed by atoms with Crippen LogP contribution in [-0.4, -0.2) is 79.1 Å². The van der Waals surface area contributed by atoms with Gasteiger partial charge in [-0.25, -0.2) is 4.79 Å². The smallest absolute Gasteiger partial charge is 0.319 e. The van der Waals surface area contributed by atoms with Gasteiger partial charge in [0.2, 0.25) is 5.91 Å². The first kappa shape index (κ1) is 16.5. The molecule has 4 atom stereocenters. The Hall–Kier alpha value is -1.34. The zero-order valence-electron chi connectivity index (χ0n) is 14.2. The quantitative estimate of drug-likeness (QED) is 0.758. The summed E-state index contributed by atoms with van der Waals surface area (Å²) in [7, 11) is 3.60. The molecule has 0 spiro atoms. The molecule has 2 aliphatic heterocycles. The Kier molecular flexibility index (Phi) is 4.77. The number of rotatable bonds is 3. The molecule has 0 aromatic rings. The maximum atomic E-state index is 12.2. The van der Waals surface area contributed by atoms with Gasteiger partial charge < -0.3 is 25.8 Å². The van der Waals surface area contributed by atoms with E-state index in [1.165, 1.54) is 0 Å². The van der Waals surface area contributed by atoms with Gasteiger partial charge in [-0.3, -0.25) is 4.79 Å². The third-order valence-corrected chi connectivity index (χ3v) is 5.57. The fraction of sp³-hybridized carbons (Fsp3) is 0.875. The number of hydrogen-bond donors (Lipinski definition) is 2. The molecule has 1 aliphatic carbocycles. The zero-order chi connectivity index (χ0) is 16.6. The average molecular weight is 323 g/mol. The molecule has 7 nitrogen and oxygen atoms in total. The molecule has 3 fully saturated rings. The van der Waals surface area contributed by atoms with Crippen LogP contribution in [0.1, 0.15) is 25.7 Å². The van der Waals surface area contributed by atoms with E-state index in [4.69, 9.17) is 5.73 Å². The second-order valence-corrected chi connectivity index (χ2v) is 7.45. The fourth-order valence-corrected chi connectivity index (χ4v) is 4.34. The summed E-state index contributed by atoms with van der Waals surface area (Å²) in [4.78, 5) is 29.6. The highest BCUT2D eigenvalue weighted by Crippen LogP contribution is 2.38. The predicted octanol–water partition coefficient (Wildman–Crippen LogP) is -0.125. The molecule has 2 saturated heterocycles. The van der Waals surface area contributed by atoms with Crippen LogP contribution >= 0.6 is 0 Å². The minimum Gasteiger partial charge on any atom is -0.331 e. The zero-order valence-corrected chi connectivity index (χ0v) is 14.2. The van der Waals surface area contributed by atoms with Crippen molar-refractivity contribution in [3.05, 3.63) is 0 Å². The van der Waals surface area contributed by atoms with Crippen molar-refractivity contribution in [3.8, 4) is 0 Å². The third-order valence-electron chi connectivity index (χ3n) is 5.57. The maximum absolute atomic E-state index is 12.2. The van der Waals surface area contributed by atoms with Gasteiger partial charge in [0.1, 0.15) is 0 Å². The molecule has 130 valence electrons. The summed E-state index contributed by atoms with van der Waals surface area (Å²) in [6.07, 6.45) is 3.94. The lowest BCUT2D eigenvalue weighted by Gasteiger charge is -2.24. The van der Waals surface area contributed by atoms with Crippen molar-refractivity contribution in [1.29, 1.82) is 0 Å². The van der Waals surface area contributed by atoms with E-state index in [1.54, 1.807) is 23.9 Å². The van der Waals surface area contributed by atoms with Crippen LogP contribution in [-0.2, 0) is 4.79 Å². The summed E-state index contributed by atoms with van der Waals surface area (Å²) in [6, 6.07) is 0.506. The van der Waals surface area contributed by atoms with Crippen LogP contribution in [0, 0.1) is 11.8 Å². The lowest BCUT2D eigenvalue weighted by atomic mass is 10.0. The number of carbonyl (C=O) groups is 2. The van der Waals surface area contributed by atoms with Gasteiger partial charge in [0.05, 0.1) is 12.7 Å². The lowest BCUT2D eigenvalue weighted by Crippen LogP contribution is -2.46. The number of nitrogens with zero attached hydrogens (tertiary/aromatic N) is 3.